The van der Waals surface area contributed by atoms with E-state index in [4.69, 9.17) is 4.74 Å². The highest BCUT2D eigenvalue weighted by molar-refractivity contribution is 7.12. The van der Waals surface area contributed by atoms with Gasteiger partial charge in [-0.15, -0.1) is 11.3 Å². The van der Waals surface area contributed by atoms with Gasteiger partial charge in [-0.2, -0.15) is 0 Å². The summed E-state index contributed by atoms with van der Waals surface area (Å²) in [7, 11) is 0. The average Bonchev–Trinajstić information content (AvgIpc) is 2.78. The Kier molecular flexibility index (Phi) is 5.37. The van der Waals surface area contributed by atoms with Crippen molar-refractivity contribution in [2.24, 2.45) is 0 Å². The molecule has 0 saturated carbocycles. The fourth-order valence-electron chi connectivity index (χ4n) is 2.01. The third-order valence-electron chi connectivity index (χ3n) is 3.29. The lowest BCUT2D eigenvalue weighted by molar-refractivity contribution is 0.302. The number of ether oxygens (including phenoxy) is 1. The molecule has 0 aliphatic heterocycles. The number of benzene rings is 1. The van der Waals surface area contributed by atoms with E-state index >= 15 is 0 Å². The molecule has 0 aliphatic carbocycles. The molecule has 0 atom stereocenters. The summed E-state index contributed by atoms with van der Waals surface area (Å²) >= 11 is 1.78. The van der Waals surface area contributed by atoms with Crippen LogP contribution >= 0.6 is 11.3 Å². The lowest BCUT2D eigenvalue weighted by Gasteiger charge is -2.09. The van der Waals surface area contributed by atoms with Crippen LogP contribution in [0.5, 0.6) is 5.75 Å². The van der Waals surface area contributed by atoms with Crippen molar-refractivity contribution in [1.29, 1.82) is 0 Å². The summed E-state index contributed by atoms with van der Waals surface area (Å²) in [5.41, 5.74) is 2.12. The molecule has 0 amide bonds. The van der Waals surface area contributed by atoms with Gasteiger partial charge >= 0.3 is 0 Å². The van der Waals surface area contributed by atoms with E-state index in [0.29, 0.717) is 18.4 Å². The maximum Gasteiger partial charge on any atom is 0.126 e. The molecule has 4 heteroatoms. The number of halogens is 1. The number of hydrogen-bond donors (Lipinski definition) is 1. The molecule has 0 bridgehead atoms. The first-order valence-electron chi connectivity index (χ1n) is 7.16. The molecule has 0 saturated heterocycles. The van der Waals surface area contributed by atoms with Gasteiger partial charge in [0, 0.05) is 34.0 Å². The molecule has 0 spiro atoms. The van der Waals surface area contributed by atoms with Gasteiger partial charge in [0.15, 0.2) is 0 Å². The fraction of sp³-hybridized carbons (Fsp3) is 0.412. The van der Waals surface area contributed by atoms with Gasteiger partial charge in [-0.05, 0) is 31.5 Å². The SMILES string of the molecule is Cc1ccc(F)cc1OCc1cc(CNC(C)C)sc1C. The normalized spacial score (nSPS) is 11.1. The highest BCUT2D eigenvalue weighted by atomic mass is 32.1. The van der Waals surface area contributed by atoms with E-state index in [1.807, 2.05) is 6.92 Å². The predicted octanol–water partition coefficient (Wildman–Crippen LogP) is 4.58. The van der Waals surface area contributed by atoms with Crippen molar-refractivity contribution in [2.75, 3.05) is 0 Å². The Labute approximate surface area is 130 Å². The van der Waals surface area contributed by atoms with Crippen molar-refractivity contribution in [1.82, 2.24) is 5.32 Å². The Hall–Kier alpha value is -1.39. The summed E-state index contributed by atoms with van der Waals surface area (Å²) < 4.78 is 19.0. The lowest BCUT2D eigenvalue weighted by atomic mass is 10.2. The molecular weight excluding hydrogens is 285 g/mol. The molecule has 0 aliphatic rings. The zero-order valence-electron chi connectivity index (χ0n) is 13.0. The monoisotopic (exact) mass is 307 g/mol. The van der Waals surface area contributed by atoms with Crippen molar-refractivity contribution in [3.63, 3.8) is 0 Å². The van der Waals surface area contributed by atoms with Crippen LogP contribution in [-0.2, 0) is 13.2 Å². The molecular formula is C17H22FNOS. The highest BCUT2D eigenvalue weighted by Crippen LogP contribution is 2.25. The quantitative estimate of drug-likeness (QED) is 0.843. The van der Waals surface area contributed by atoms with E-state index in [-0.39, 0.29) is 5.82 Å². The van der Waals surface area contributed by atoms with Gasteiger partial charge in [-0.1, -0.05) is 19.9 Å². The largest absolute Gasteiger partial charge is 0.488 e. The molecule has 0 fully saturated rings. The van der Waals surface area contributed by atoms with Gasteiger partial charge in [0.2, 0.25) is 0 Å². The van der Waals surface area contributed by atoms with E-state index in [9.17, 15) is 4.39 Å². The van der Waals surface area contributed by atoms with E-state index < -0.39 is 0 Å². The summed E-state index contributed by atoms with van der Waals surface area (Å²) in [6.45, 7) is 9.65. The summed E-state index contributed by atoms with van der Waals surface area (Å²) in [5, 5.41) is 3.41. The molecule has 1 aromatic carbocycles. The first-order chi connectivity index (χ1) is 9.95. The molecule has 1 heterocycles. The number of hydrogen-bond acceptors (Lipinski definition) is 3. The zero-order chi connectivity index (χ0) is 15.4. The first-order valence-corrected chi connectivity index (χ1v) is 7.98. The number of nitrogens with one attached hydrogen (secondary N) is 1. The lowest BCUT2D eigenvalue weighted by Crippen LogP contribution is -2.21. The van der Waals surface area contributed by atoms with Crippen LogP contribution in [0.3, 0.4) is 0 Å². The predicted molar refractivity (Wildman–Crippen MR) is 86.5 cm³/mol. The molecule has 2 aromatic rings. The van der Waals surface area contributed by atoms with E-state index in [0.717, 1.165) is 12.1 Å². The van der Waals surface area contributed by atoms with Crippen LogP contribution in [-0.4, -0.2) is 6.04 Å². The number of thiophene rings is 1. The standard InChI is InChI=1S/C17H22FNOS/c1-11(2)19-9-16-7-14(13(4)21-16)10-20-17-8-15(18)6-5-12(17)3/h5-8,11,19H,9-10H2,1-4H3. The Bertz CT molecular complexity index is 607. The third kappa shape index (κ3) is 4.55. The van der Waals surface area contributed by atoms with Gasteiger partial charge in [0.1, 0.15) is 18.2 Å². The zero-order valence-corrected chi connectivity index (χ0v) is 13.8. The molecule has 1 aromatic heterocycles. The minimum atomic E-state index is -0.264. The van der Waals surface area contributed by atoms with Crippen molar-refractivity contribution < 1.29 is 9.13 Å². The third-order valence-corrected chi connectivity index (χ3v) is 4.38. The van der Waals surface area contributed by atoms with Crippen molar-refractivity contribution in [3.8, 4) is 5.75 Å². The average molecular weight is 307 g/mol. The summed E-state index contributed by atoms with van der Waals surface area (Å²) in [6.07, 6.45) is 0. The van der Waals surface area contributed by atoms with Gasteiger partial charge in [-0.25, -0.2) is 4.39 Å². The van der Waals surface area contributed by atoms with Crippen LogP contribution in [0.15, 0.2) is 24.3 Å². The number of rotatable bonds is 6. The molecule has 21 heavy (non-hydrogen) atoms. The van der Waals surface area contributed by atoms with Gasteiger partial charge in [-0.3, -0.25) is 0 Å². The second-order valence-corrected chi connectivity index (χ2v) is 6.87. The molecule has 0 radical (unpaired) electrons. The highest BCUT2D eigenvalue weighted by Gasteiger charge is 2.08. The van der Waals surface area contributed by atoms with Gasteiger partial charge < -0.3 is 10.1 Å². The minimum absolute atomic E-state index is 0.264. The Balaban J connectivity index is 2.01. The molecule has 1 N–H and O–H groups in total. The van der Waals surface area contributed by atoms with Crippen molar-refractivity contribution >= 4 is 11.3 Å². The van der Waals surface area contributed by atoms with Gasteiger partial charge in [0.25, 0.3) is 0 Å². The molecule has 114 valence electrons. The minimum Gasteiger partial charge on any atom is -0.488 e. The van der Waals surface area contributed by atoms with E-state index in [2.05, 4.69) is 32.2 Å². The summed E-state index contributed by atoms with van der Waals surface area (Å²) in [5.74, 6) is 0.349. The maximum absolute atomic E-state index is 13.2. The second kappa shape index (κ2) is 7.05. The fourth-order valence-corrected chi connectivity index (χ4v) is 3.01. The first kappa shape index (κ1) is 16.0. The topological polar surface area (TPSA) is 21.3 Å². The van der Waals surface area contributed by atoms with Crippen LogP contribution < -0.4 is 10.1 Å². The van der Waals surface area contributed by atoms with Crippen molar-refractivity contribution in [2.45, 2.75) is 46.9 Å². The van der Waals surface area contributed by atoms with Crippen molar-refractivity contribution in [3.05, 3.63) is 51.0 Å². The van der Waals surface area contributed by atoms with Crippen LogP contribution in [0.25, 0.3) is 0 Å². The smallest absolute Gasteiger partial charge is 0.126 e. The van der Waals surface area contributed by atoms with E-state index in [1.54, 1.807) is 17.4 Å². The number of aryl methyl sites for hydroxylation is 2. The van der Waals surface area contributed by atoms with Crippen LogP contribution in [0.4, 0.5) is 4.39 Å². The van der Waals surface area contributed by atoms with Gasteiger partial charge in [0.05, 0.1) is 0 Å². The molecule has 2 nitrogen and oxygen atoms in total. The molecule has 2 rings (SSSR count). The van der Waals surface area contributed by atoms with Crippen LogP contribution in [0.1, 0.15) is 34.7 Å². The second-order valence-electron chi connectivity index (χ2n) is 5.53. The maximum atomic E-state index is 13.2. The Morgan fingerprint density at radius 1 is 1.24 bits per heavy atom. The van der Waals surface area contributed by atoms with Crippen LogP contribution in [0, 0.1) is 19.7 Å². The molecule has 0 unspecified atom stereocenters. The van der Waals surface area contributed by atoms with Crippen LogP contribution in [0.2, 0.25) is 0 Å². The Morgan fingerprint density at radius 3 is 2.71 bits per heavy atom. The summed E-state index contributed by atoms with van der Waals surface area (Å²) in [4.78, 5) is 2.56. The summed E-state index contributed by atoms with van der Waals surface area (Å²) in [6, 6.07) is 7.28. The van der Waals surface area contributed by atoms with E-state index in [1.165, 1.54) is 27.5 Å². The Morgan fingerprint density at radius 2 is 2.00 bits per heavy atom.